The van der Waals surface area contributed by atoms with Gasteiger partial charge < -0.3 is 14.8 Å². The molecule has 1 aromatic carbocycles. The van der Waals surface area contributed by atoms with Crippen LogP contribution in [0.2, 0.25) is 0 Å². The van der Waals surface area contributed by atoms with Gasteiger partial charge in [-0.1, -0.05) is 6.92 Å². The van der Waals surface area contributed by atoms with E-state index in [0.29, 0.717) is 30.2 Å². The topological polar surface area (TPSA) is 76.7 Å². The van der Waals surface area contributed by atoms with Gasteiger partial charge in [-0.2, -0.15) is 0 Å². The van der Waals surface area contributed by atoms with E-state index in [-0.39, 0.29) is 5.75 Å². The second kappa shape index (κ2) is 8.74. The Bertz CT molecular complexity index is 532. The number of sulfonamides is 1. The van der Waals surface area contributed by atoms with E-state index in [0.717, 1.165) is 13.0 Å². The van der Waals surface area contributed by atoms with E-state index in [1.807, 2.05) is 0 Å². The monoisotopic (exact) mass is 316 g/mol. The molecule has 0 bridgehead atoms. The normalized spacial score (nSPS) is 11.2. The van der Waals surface area contributed by atoms with Gasteiger partial charge in [0.2, 0.25) is 10.0 Å². The van der Waals surface area contributed by atoms with Gasteiger partial charge in [0.1, 0.15) is 11.5 Å². The summed E-state index contributed by atoms with van der Waals surface area (Å²) in [4.78, 5) is 0. The summed E-state index contributed by atoms with van der Waals surface area (Å²) in [6.07, 6.45) is 1.60. The Morgan fingerprint density at radius 3 is 2.52 bits per heavy atom. The molecule has 120 valence electrons. The molecule has 0 aromatic heterocycles. The highest BCUT2D eigenvalue weighted by atomic mass is 32.2. The van der Waals surface area contributed by atoms with Gasteiger partial charge in [0.05, 0.1) is 25.7 Å². The first-order valence-electron chi connectivity index (χ1n) is 6.95. The third-order valence-corrected chi connectivity index (χ3v) is 4.22. The van der Waals surface area contributed by atoms with Gasteiger partial charge in [0.15, 0.2) is 0 Å². The highest BCUT2D eigenvalue weighted by Crippen LogP contribution is 2.29. The third kappa shape index (κ3) is 6.22. The molecule has 0 unspecified atom stereocenters. The van der Waals surface area contributed by atoms with E-state index in [2.05, 4.69) is 17.0 Å². The fourth-order valence-corrected chi connectivity index (χ4v) is 2.92. The van der Waals surface area contributed by atoms with Crippen molar-refractivity contribution >= 4 is 15.7 Å². The van der Waals surface area contributed by atoms with Crippen molar-refractivity contribution in [1.29, 1.82) is 0 Å². The molecule has 21 heavy (non-hydrogen) atoms. The van der Waals surface area contributed by atoms with Crippen LogP contribution in [-0.2, 0) is 10.0 Å². The summed E-state index contributed by atoms with van der Waals surface area (Å²) < 4.78 is 36.9. The molecule has 0 amide bonds. The van der Waals surface area contributed by atoms with Crippen molar-refractivity contribution in [1.82, 2.24) is 5.32 Å². The Balaban J connectivity index is 2.62. The number of hydrogen-bond acceptors (Lipinski definition) is 5. The van der Waals surface area contributed by atoms with Crippen molar-refractivity contribution in [3.05, 3.63) is 18.2 Å². The van der Waals surface area contributed by atoms with E-state index in [1.165, 1.54) is 7.11 Å². The molecule has 7 heteroatoms. The maximum atomic E-state index is 12.0. The number of nitrogens with one attached hydrogen (secondary N) is 2. The average Bonchev–Trinajstić information content (AvgIpc) is 2.47. The molecule has 0 saturated carbocycles. The minimum atomic E-state index is -3.38. The highest BCUT2D eigenvalue weighted by molar-refractivity contribution is 7.92. The zero-order valence-electron chi connectivity index (χ0n) is 12.8. The van der Waals surface area contributed by atoms with Crippen molar-refractivity contribution in [3.63, 3.8) is 0 Å². The van der Waals surface area contributed by atoms with Crippen LogP contribution in [-0.4, -0.2) is 41.5 Å². The number of methoxy groups -OCH3 is 2. The second-order valence-corrected chi connectivity index (χ2v) is 6.43. The molecule has 6 nitrogen and oxygen atoms in total. The molecular formula is C14H24N2O4S. The predicted molar refractivity (Wildman–Crippen MR) is 84.7 cm³/mol. The fourth-order valence-electron chi connectivity index (χ4n) is 1.79. The lowest BCUT2D eigenvalue weighted by atomic mass is 10.3. The van der Waals surface area contributed by atoms with E-state index < -0.39 is 10.0 Å². The summed E-state index contributed by atoms with van der Waals surface area (Å²) in [7, 11) is -0.354. The van der Waals surface area contributed by atoms with E-state index >= 15 is 0 Å². The van der Waals surface area contributed by atoms with Crippen LogP contribution in [0.15, 0.2) is 18.2 Å². The Hall–Kier alpha value is -1.47. The molecule has 1 aromatic rings. The molecule has 1 rings (SSSR count). The first-order valence-corrected chi connectivity index (χ1v) is 8.61. The van der Waals surface area contributed by atoms with E-state index in [4.69, 9.17) is 9.47 Å². The largest absolute Gasteiger partial charge is 0.497 e. The van der Waals surface area contributed by atoms with Crippen molar-refractivity contribution in [3.8, 4) is 11.5 Å². The number of hydrogen-bond donors (Lipinski definition) is 2. The lowest BCUT2D eigenvalue weighted by Crippen LogP contribution is -2.22. The standard InChI is InChI=1S/C14H24N2O4S/c1-4-8-15-9-5-10-21(17,18)16-13-7-6-12(19-2)11-14(13)20-3/h6-7,11,15-16H,4-5,8-10H2,1-3H3. The molecule has 0 aliphatic heterocycles. The number of anilines is 1. The molecule has 0 saturated heterocycles. The van der Waals surface area contributed by atoms with Crippen molar-refractivity contribution < 1.29 is 17.9 Å². The van der Waals surface area contributed by atoms with Crippen LogP contribution in [0.25, 0.3) is 0 Å². The molecule has 0 spiro atoms. The first-order chi connectivity index (χ1) is 10.0. The number of rotatable bonds is 10. The maximum absolute atomic E-state index is 12.0. The van der Waals surface area contributed by atoms with E-state index in [9.17, 15) is 8.42 Å². The van der Waals surface area contributed by atoms with Gasteiger partial charge in [-0.3, -0.25) is 4.72 Å². The summed E-state index contributed by atoms with van der Waals surface area (Å²) in [5.74, 6) is 1.11. The summed E-state index contributed by atoms with van der Waals surface area (Å²) in [6, 6.07) is 4.95. The van der Waals surface area contributed by atoms with Crippen LogP contribution in [0.4, 0.5) is 5.69 Å². The van der Waals surface area contributed by atoms with Crippen LogP contribution in [0.1, 0.15) is 19.8 Å². The van der Waals surface area contributed by atoms with Gasteiger partial charge in [-0.15, -0.1) is 0 Å². The highest BCUT2D eigenvalue weighted by Gasteiger charge is 2.13. The Kier molecular flexibility index (Phi) is 7.31. The zero-order chi connectivity index (χ0) is 15.7. The van der Waals surface area contributed by atoms with Crippen molar-refractivity contribution in [2.24, 2.45) is 0 Å². The lowest BCUT2D eigenvalue weighted by molar-refractivity contribution is 0.395. The van der Waals surface area contributed by atoms with Gasteiger partial charge >= 0.3 is 0 Å². The first kappa shape index (κ1) is 17.6. The molecule has 0 fully saturated rings. The fraction of sp³-hybridized carbons (Fsp3) is 0.571. The molecular weight excluding hydrogens is 292 g/mol. The van der Waals surface area contributed by atoms with Crippen LogP contribution < -0.4 is 19.5 Å². The smallest absolute Gasteiger partial charge is 0.232 e. The SMILES string of the molecule is CCCNCCCS(=O)(=O)Nc1ccc(OC)cc1OC. The lowest BCUT2D eigenvalue weighted by Gasteiger charge is -2.13. The summed E-state index contributed by atoms with van der Waals surface area (Å²) in [5.41, 5.74) is 0.416. The van der Waals surface area contributed by atoms with Crippen LogP contribution in [0.3, 0.4) is 0 Å². The second-order valence-electron chi connectivity index (χ2n) is 4.59. The molecule has 0 aliphatic rings. The van der Waals surface area contributed by atoms with E-state index in [1.54, 1.807) is 25.3 Å². The Morgan fingerprint density at radius 2 is 1.90 bits per heavy atom. The summed E-state index contributed by atoms with van der Waals surface area (Å²) >= 11 is 0. The summed E-state index contributed by atoms with van der Waals surface area (Å²) in [5, 5.41) is 3.18. The minimum absolute atomic E-state index is 0.0684. The maximum Gasteiger partial charge on any atom is 0.232 e. The van der Waals surface area contributed by atoms with Crippen LogP contribution in [0.5, 0.6) is 11.5 Å². The molecule has 0 atom stereocenters. The Morgan fingerprint density at radius 1 is 1.14 bits per heavy atom. The number of ether oxygens (including phenoxy) is 2. The molecule has 0 heterocycles. The number of benzene rings is 1. The average molecular weight is 316 g/mol. The van der Waals surface area contributed by atoms with Gasteiger partial charge in [0, 0.05) is 6.07 Å². The van der Waals surface area contributed by atoms with Gasteiger partial charge in [-0.05, 0) is 38.1 Å². The zero-order valence-corrected chi connectivity index (χ0v) is 13.6. The van der Waals surface area contributed by atoms with Crippen LogP contribution in [0, 0.1) is 0 Å². The molecule has 2 N–H and O–H groups in total. The minimum Gasteiger partial charge on any atom is -0.497 e. The van der Waals surface area contributed by atoms with Crippen molar-refractivity contribution in [2.45, 2.75) is 19.8 Å². The molecule has 0 radical (unpaired) electrons. The quantitative estimate of drug-likeness (QED) is 0.644. The Labute approximate surface area is 126 Å². The van der Waals surface area contributed by atoms with Crippen LogP contribution >= 0.6 is 0 Å². The third-order valence-electron chi connectivity index (χ3n) is 2.87. The summed E-state index contributed by atoms with van der Waals surface area (Å²) in [6.45, 7) is 3.66. The van der Waals surface area contributed by atoms with Crippen molar-refractivity contribution in [2.75, 3.05) is 37.8 Å². The predicted octanol–water partition coefficient (Wildman–Crippen LogP) is 1.84. The molecule has 0 aliphatic carbocycles. The van der Waals surface area contributed by atoms with Gasteiger partial charge in [-0.25, -0.2) is 8.42 Å². The van der Waals surface area contributed by atoms with Gasteiger partial charge in [0.25, 0.3) is 0 Å².